The lowest BCUT2D eigenvalue weighted by Crippen LogP contribution is -2.05. The second kappa shape index (κ2) is 5.46. The second-order valence-electron chi connectivity index (χ2n) is 2.76. The molecule has 0 saturated carbocycles. The molecule has 0 spiro atoms. The van der Waals surface area contributed by atoms with Crippen LogP contribution in [0, 0.1) is 5.41 Å². The molecule has 0 aliphatic heterocycles. The number of aromatic nitrogens is 1. The average molecular weight is 321 g/mol. The molecule has 1 aromatic rings. The zero-order valence-corrected chi connectivity index (χ0v) is 10.9. The number of rotatable bonds is 4. The second-order valence-corrected chi connectivity index (χ2v) is 4.42. The maximum Gasteiger partial charge on any atom is 0.108 e. The molecule has 1 heterocycles. The summed E-state index contributed by atoms with van der Waals surface area (Å²) in [5.74, 6) is 0. The summed E-state index contributed by atoms with van der Waals surface area (Å²) in [5, 5.41) is 10.5. The first-order chi connectivity index (χ1) is 6.69. The van der Waals surface area contributed by atoms with E-state index in [-0.39, 0.29) is 0 Å². The molecule has 3 nitrogen and oxygen atoms in total. The van der Waals surface area contributed by atoms with Crippen LogP contribution >= 0.6 is 31.9 Å². The molecule has 0 fully saturated rings. The van der Waals surface area contributed by atoms with E-state index in [4.69, 9.17) is 5.41 Å². The van der Waals surface area contributed by atoms with Crippen molar-refractivity contribution in [3.8, 4) is 0 Å². The van der Waals surface area contributed by atoms with E-state index in [2.05, 4.69) is 49.1 Å². The summed E-state index contributed by atoms with van der Waals surface area (Å²) in [4.78, 5) is 4.19. The number of hydrogen-bond acceptors (Lipinski definition) is 3. The average Bonchev–Trinajstić information content (AvgIpc) is 2.15. The topological polar surface area (TPSA) is 48.8 Å². The molecular formula is C9H11Br2N3. The Morgan fingerprint density at radius 3 is 2.86 bits per heavy atom. The molecule has 2 N–H and O–H groups in total. The smallest absolute Gasteiger partial charge is 0.108 e. The Bertz CT molecular complexity index is 339. The van der Waals surface area contributed by atoms with Crippen molar-refractivity contribution in [3.63, 3.8) is 0 Å². The monoisotopic (exact) mass is 319 g/mol. The van der Waals surface area contributed by atoms with Gasteiger partial charge < -0.3 is 10.7 Å². The first-order valence-corrected chi connectivity index (χ1v) is 5.88. The van der Waals surface area contributed by atoms with E-state index >= 15 is 0 Å². The van der Waals surface area contributed by atoms with Crippen LogP contribution in [-0.4, -0.2) is 17.7 Å². The molecule has 0 bridgehead atoms. The summed E-state index contributed by atoms with van der Waals surface area (Å²) in [5.41, 5.74) is 1.52. The van der Waals surface area contributed by atoms with Gasteiger partial charge in [0, 0.05) is 17.2 Å². The van der Waals surface area contributed by atoms with Crippen molar-refractivity contribution >= 4 is 43.8 Å². The molecular weight excluding hydrogens is 310 g/mol. The summed E-state index contributed by atoms with van der Waals surface area (Å²) in [6.45, 7) is 2.97. The standard InChI is InChI=1S/C9H11Br2N3/c1-2-3-13-9-6(10)4-8(11)14-7(9)5-12/h4-5,12-13H,2-3H2,1H3. The first-order valence-electron chi connectivity index (χ1n) is 4.29. The number of anilines is 1. The number of halogens is 2. The van der Waals surface area contributed by atoms with Gasteiger partial charge in [-0.05, 0) is 44.3 Å². The number of nitrogens with one attached hydrogen (secondary N) is 2. The highest BCUT2D eigenvalue weighted by atomic mass is 79.9. The molecule has 0 aliphatic carbocycles. The van der Waals surface area contributed by atoms with Crippen molar-refractivity contribution in [2.75, 3.05) is 11.9 Å². The third-order valence-corrected chi connectivity index (χ3v) is 2.69. The predicted octanol–water partition coefficient (Wildman–Crippen LogP) is 3.43. The third-order valence-electron chi connectivity index (χ3n) is 1.66. The summed E-state index contributed by atoms with van der Waals surface area (Å²) in [6.07, 6.45) is 2.29. The van der Waals surface area contributed by atoms with Gasteiger partial charge in [0.05, 0.1) is 5.69 Å². The molecule has 14 heavy (non-hydrogen) atoms. The molecule has 0 atom stereocenters. The van der Waals surface area contributed by atoms with E-state index in [0.717, 1.165) is 27.7 Å². The zero-order valence-electron chi connectivity index (χ0n) is 7.77. The molecule has 0 aromatic carbocycles. The van der Waals surface area contributed by atoms with E-state index in [1.165, 1.54) is 6.21 Å². The Labute approximate surface area is 100 Å². The molecule has 0 amide bonds. The highest BCUT2D eigenvalue weighted by Crippen LogP contribution is 2.27. The number of hydrogen-bond donors (Lipinski definition) is 2. The van der Waals surface area contributed by atoms with Gasteiger partial charge in [0.25, 0.3) is 0 Å². The van der Waals surface area contributed by atoms with Crippen LogP contribution in [0.5, 0.6) is 0 Å². The Kier molecular flexibility index (Phi) is 4.54. The number of pyridine rings is 1. The molecule has 1 aromatic heterocycles. The fourth-order valence-corrected chi connectivity index (χ4v) is 2.32. The van der Waals surface area contributed by atoms with Crippen molar-refractivity contribution in [2.24, 2.45) is 0 Å². The van der Waals surface area contributed by atoms with Gasteiger partial charge in [-0.3, -0.25) is 0 Å². The largest absolute Gasteiger partial charge is 0.382 e. The molecule has 0 saturated heterocycles. The summed E-state index contributed by atoms with van der Waals surface area (Å²) >= 11 is 6.72. The minimum absolute atomic E-state index is 0.639. The van der Waals surface area contributed by atoms with Crippen LogP contribution in [0.1, 0.15) is 19.0 Å². The van der Waals surface area contributed by atoms with E-state index in [0.29, 0.717) is 5.69 Å². The quantitative estimate of drug-likeness (QED) is 0.659. The molecule has 76 valence electrons. The minimum Gasteiger partial charge on any atom is -0.382 e. The van der Waals surface area contributed by atoms with Crippen LogP contribution in [0.3, 0.4) is 0 Å². The van der Waals surface area contributed by atoms with Gasteiger partial charge in [0.1, 0.15) is 10.3 Å². The Morgan fingerprint density at radius 1 is 1.57 bits per heavy atom. The Hall–Kier alpha value is -0.420. The highest BCUT2D eigenvalue weighted by molar-refractivity contribution is 9.11. The van der Waals surface area contributed by atoms with Crippen molar-refractivity contribution < 1.29 is 0 Å². The fourth-order valence-electron chi connectivity index (χ4n) is 1.03. The van der Waals surface area contributed by atoms with Gasteiger partial charge in [0.2, 0.25) is 0 Å². The molecule has 0 unspecified atom stereocenters. The minimum atomic E-state index is 0.639. The van der Waals surface area contributed by atoms with Crippen LogP contribution in [0.15, 0.2) is 15.1 Å². The maximum atomic E-state index is 7.24. The van der Waals surface area contributed by atoms with Crippen LogP contribution in [0.4, 0.5) is 5.69 Å². The van der Waals surface area contributed by atoms with Gasteiger partial charge in [-0.1, -0.05) is 6.92 Å². The highest BCUT2D eigenvalue weighted by Gasteiger charge is 2.07. The van der Waals surface area contributed by atoms with Gasteiger partial charge in [-0.15, -0.1) is 0 Å². The van der Waals surface area contributed by atoms with Crippen LogP contribution in [0.25, 0.3) is 0 Å². The van der Waals surface area contributed by atoms with E-state index in [9.17, 15) is 0 Å². The van der Waals surface area contributed by atoms with Crippen LogP contribution in [0.2, 0.25) is 0 Å². The van der Waals surface area contributed by atoms with E-state index < -0.39 is 0 Å². The molecule has 5 heteroatoms. The van der Waals surface area contributed by atoms with Gasteiger partial charge in [-0.25, -0.2) is 4.98 Å². The van der Waals surface area contributed by atoms with Crippen molar-refractivity contribution in [2.45, 2.75) is 13.3 Å². The van der Waals surface area contributed by atoms with Gasteiger partial charge >= 0.3 is 0 Å². The van der Waals surface area contributed by atoms with Crippen molar-refractivity contribution in [1.82, 2.24) is 4.98 Å². The first kappa shape index (κ1) is 11.7. The third kappa shape index (κ3) is 2.78. The molecule has 1 rings (SSSR count). The summed E-state index contributed by atoms with van der Waals surface area (Å²) < 4.78 is 1.65. The number of nitrogens with zero attached hydrogens (tertiary/aromatic N) is 1. The predicted molar refractivity (Wildman–Crippen MR) is 66.3 cm³/mol. The van der Waals surface area contributed by atoms with Crippen LogP contribution in [-0.2, 0) is 0 Å². The lowest BCUT2D eigenvalue weighted by atomic mass is 10.3. The van der Waals surface area contributed by atoms with Crippen LogP contribution < -0.4 is 5.32 Å². The Morgan fingerprint density at radius 2 is 2.29 bits per heavy atom. The molecule has 0 aliphatic rings. The SMILES string of the molecule is CCCNc1c(Br)cc(Br)nc1C=N. The maximum absolute atomic E-state index is 7.24. The summed E-state index contributed by atoms with van der Waals surface area (Å²) in [6, 6.07) is 1.87. The van der Waals surface area contributed by atoms with Crippen molar-refractivity contribution in [1.29, 1.82) is 5.41 Å². The summed E-state index contributed by atoms with van der Waals surface area (Å²) in [7, 11) is 0. The van der Waals surface area contributed by atoms with Gasteiger partial charge in [0.15, 0.2) is 0 Å². The molecule has 0 radical (unpaired) electrons. The zero-order chi connectivity index (χ0) is 10.6. The Balaban J connectivity index is 3.05. The van der Waals surface area contributed by atoms with Gasteiger partial charge in [-0.2, -0.15) is 0 Å². The van der Waals surface area contributed by atoms with E-state index in [1.54, 1.807) is 0 Å². The lowest BCUT2D eigenvalue weighted by molar-refractivity contribution is 0.974. The lowest BCUT2D eigenvalue weighted by Gasteiger charge is -2.10. The fraction of sp³-hybridized carbons (Fsp3) is 0.333. The van der Waals surface area contributed by atoms with Crippen molar-refractivity contribution in [3.05, 3.63) is 20.8 Å². The van der Waals surface area contributed by atoms with E-state index in [1.807, 2.05) is 6.07 Å². The normalized spacial score (nSPS) is 9.93.